The van der Waals surface area contributed by atoms with Gasteiger partial charge in [-0.05, 0) is 24.1 Å². The number of esters is 2. The number of nitrogen functional groups attached to an aromatic ring is 1. The lowest BCUT2D eigenvalue weighted by atomic mass is 10.0. The van der Waals surface area contributed by atoms with E-state index in [1.54, 1.807) is 24.3 Å². The first-order valence-corrected chi connectivity index (χ1v) is 15.1. The van der Waals surface area contributed by atoms with Crippen LogP contribution in [0.4, 0.5) is 18.3 Å². The van der Waals surface area contributed by atoms with E-state index in [-0.39, 0.29) is 47.2 Å². The standard InChI is InChI=1S/C27H23F3N6O8S2/c1-43-16-5-3-2-4-13(16)9-35-7-6-12(21(35)38)8-14-10-45-23-18(33-20(37)17(34-42)15-11-46-26(31)32-15)22(39)36(23)19(14)24(40)44-25(41)27(28,29)30/h2-5,8,11,18,23,42H,6-7,9-10H2,1H3,(H2,31,32)(H,33,37)/b12-8+,34-17-/t18-,23-/m1/s1. The molecule has 3 aliphatic heterocycles. The molecule has 4 heterocycles. The number of likely N-dealkylation sites (tertiary alicyclic amines) is 1. The van der Waals surface area contributed by atoms with Gasteiger partial charge in [-0.1, -0.05) is 23.4 Å². The number of methoxy groups -OCH3 is 1. The number of thioether (sulfide) groups is 1. The number of para-hydroxylation sites is 1. The van der Waals surface area contributed by atoms with Crippen LogP contribution in [0, 0.1) is 0 Å². The van der Waals surface area contributed by atoms with Crippen molar-refractivity contribution in [3.8, 4) is 5.75 Å². The number of amides is 3. The van der Waals surface area contributed by atoms with Crippen LogP contribution in [0.1, 0.15) is 17.7 Å². The van der Waals surface area contributed by atoms with E-state index >= 15 is 0 Å². The summed E-state index contributed by atoms with van der Waals surface area (Å²) in [6.07, 6.45) is -4.00. The number of hydrogen-bond acceptors (Lipinski definition) is 13. The molecule has 242 valence electrons. The second kappa shape index (κ2) is 12.8. The molecule has 0 aliphatic carbocycles. The Kier molecular flexibility index (Phi) is 9.06. The number of nitrogens with zero attached hydrogens (tertiary/aromatic N) is 4. The molecule has 0 unspecified atom stereocenters. The smallest absolute Gasteiger partial charge is 0.491 e. The zero-order chi connectivity index (χ0) is 33.3. The topological polar surface area (TPSA) is 194 Å². The quantitative estimate of drug-likeness (QED) is 0.0697. The number of nitrogens with two attached hydrogens (primary N) is 1. The molecule has 19 heteroatoms. The van der Waals surface area contributed by atoms with E-state index in [9.17, 15) is 42.4 Å². The minimum Gasteiger partial charge on any atom is -0.496 e. The zero-order valence-corrected chi connectivity index (χ0v) is 25.2. The fraction of sp³-hybridized carbons (Fsp3) is 0.296. The summed E-state index contributed by atoms with van der Waals surface area (Å²) in [5.74, 6) is -6.47. The molecule has 0 spiro atoms. The lowest BCUT2D eigenvalue weighted by Gasteiger charge is -2.49. The monoisotopic (exact) mass is 680 g/mol. The van der Waals surface area contributed by atoms with Gasteiger partial charge in [-0.3, -0.25) is 19.3 Å². The van der Waals surface area contributed by atoms with Gasteiger partial charge in [0.2, 0.25) is 5.91 Å². The Morgan fingerprint density at radius 3 is 2.65 bits per heavy atom. The van der Waals surface area contributed by atoms with Gasteiger partial charge < -0.3 is 30.6 Å². The molecule has 0 radical (unpaired) electrons. The van der Waals surface area contributed by atoms with E-state index in [1.807, 2.05) is 0 Å². The Morgan fingerprint density at radius 2 is 2.00 bits per heavy atom. The summed E-state index contributed by atoms with van der Waals surface area (Å²) in [5.41, 5.74) is 5.15. The first-order valence-electron chi connectivity index (χ1n) is 13.2. The minimum atomic E-state index is -5.51. The average Bonchev–Trinajstić information content (AvgIpc) is 3.60. The van der Waals surface area contributed by atoms with Gasteiger partial charge in [0.05, 0.1) is 7.11 Å². The van der Waals surface area contributed by atoms with Crippen LogP contribution in [0.2, 0.25) is 0 Å². The normalized spacial score (nSPS) is 20.9. The largest absolute Gasteiger partial charge is 0.496 e. The van der Waals surface area contributed by atoms with Crippen LogP contribution in [0.15, 0.2) is 57.7 Å². The zero-order valence-electron chi connectivity index (χ0n) is 23.6. The van der Waals surface area contributed by atoms with E-state index in [0.29, 0.717) is 5.75 Å². The third-order valence-electron chi connectivity index (χ3n) is 7.09. The van der Waals surface area contributed by atoms with Crippen LogP contribution >= 0.6 is 23.1 Å². The molecule has 0 saturated carbocycles. The molecule has 2 atom stereocenters. The molecule has 5 rings (SSSR count). The van der Waals surface area contributed by atoms with Crippen LogP contribution in [0.5, 0.6) is 5.75 Å². The van der Waals surface area contributed by atoms with Crippen molar-refractivity contribution in [1.29, 1.82) is 0 Å². The molecule has 46 heavy (non-hydrogen) atoms. The van der Waals surface area contributed by atoms with Crippen LogP contribution in [0.3, 0.4) is 0 Å². The van der Waals surface area contributed by atoms with E-state index in [1.165, 1.54) is 23.5 Å². The summed E-state index contributed by atoms with van der Waals surface area (Å²) in [6, 6.07) is 5.76. The van der Waals surface area contributed by atoms with Crippen LogP contribution in [0.25, 0.3) is 0 Å². The van der Waals surface area contributed by atoms with Crippen molar-refractivity contribution in [3.05, 3.63) is 63.8 Å². The highest BCUT2D eigenvalue weighted by Gasteiger charge is 2.55. The van der Waals surface area contributed by atoms with Gasteiger partial charge in [-0.2, -0.15) is 13.2 Å². The number of thiazole rings is 1. The molecule has 2 aromatic rings. The number of β-lactam (4-membered cyclic amide) rings is 1. The number of allylic oxidation sites excluding steroid dienone is 1. The molecule has 4 N–H and O–H groups in total. The van der Waals surface area contributed by atoms with Crippen molar-refractivity contribution in [2.75, 3.05) is 25.1 Å². The van der Waals surface area contributed by atoms with E-state index < -0.39 is 58.7 Å². The molecular formula is C27H23F3N6O8S2. The lowest BCUT2D eigenvalue weighted by molar-refractivity contribution is -0.201. The van der Waals surface area contributed by atoms with Crippen LogP contribution in [-0.4, -0.2) is 92.4 Å². The Labute approximate surface area is 265 Å². The molecule has 2 fully saturated rings. The molecule has 14 nitrogen and oxygen atoms in total. The molecule has 3 amide bonds. The van der Waals surface area contributed by atoms with Gasteiger partial charge in [0.15, 0.2) is 10.8 Å². The number of aromatic nitrogens is 1. The number of benzene rings is 1. The number of alkyl halides is 3. The van der Waals surface area contributed by atoms with Crippen molar-refractivity contribution in [1.82, 2.24) is 20.1 Å². The average molecular weight is 681 g/mol. The van der Waals surface area contributed by atoms with Gasteiger partial charge >= 0.3 is 18.1 Å². The highest BCUT2D eigenvalue weighted by molar-refractivity contribution is 8.00. The number of halogens is 3. The summed E-state index contributed by atoms with van der Waals surface area (Å²) in [4.78, 5) is 70.0. The fourth-order valence-corrected chi connectivity index (χ4v) is 6.81. The maximum atomic E-state index is 13.3. The SMILES string of the molecule is COc1ccccc1CN1CC/C(=C\C2=C(C(=O)OC(=O)C(F)(F)F)N3C(=O)[C@@H](NC(=O)/C(=N\O)c4csc(N)n4)[C@H]3SC2)C1=O. The third-order valence-corrected chi connectivity index (χ3v) is 9.07. The van der Waals surface area contributed by atoms with E-state index in [4.69, 9.17) is 10.5 Å². The molecular weight excluding hydrogens is 657 g/mol. The second-order valence-electron chi connectivity index (χ2n) is 9.89. The number of fused-ring (bicyclic) bond motifs is 1. The highest BCUT2D eigenvalue weighted by Crippen LogP contribution is 2.42. The number of carbonyl (C=O) groups is 5. The molecule has 1 aromatic carbocycles. The maximum absolute atomic E-state index is 13.3. The van der Waals surface area contributed by atoms with E-state index in [0.717, 1.165) is 33.6 Å². The lowest BCUT2D eigenvalue weighted by Crippen LogP contribution is -2.71. The highest BCUT2D eigenvalue weighted by atomic mass is 32.2. The van der Waals surface area contributed by atoms with Crippen molar-refractivity contribution < 1.29 is 51.8 Å². The van der Waals surface area contributed by atoms with Gasteiger partial charge in [0.25, 0.3) is 11.8 Å². The first kappa shape index (κ1) is 32.5. The number of carbonyl (C=O) groups excluding carboxylic acids is 5. The fourth-order valence-electron chi connectivity index (χ4n) is 4.95. The van der Waals surface area contributed by atoms with Crippen LogP contribution < -0.4 is 15.8 Å². The second-order valence-corrected chi connectivity index (χ2v) is 11.9. The van der Waals surface area contributed by atoms with Gasteiger partial charge in [-0.25, -0.2) is 14.6 Å². The minimum absolute atomic E-state index is 0.0302. The number of hydrogen-bond donors (Lipinski definition) is 3. The van der Waals surface area contributed by atoms with Crippen molar-refractivity contribution >= 4 is 63.6 Å². The summed E-state index contributed by atoms with van der Waals surface area (Å²) >= 11 is 1.99. The Morgan fingerprint density at radius 1 is 1.26 bits per heavy atom. The Hall–Kier alpha value is -4.91. The first-order chi connectivity index (χ1) is 21.8. The van der Waals surface area contributed by atoms with Crippen molar-refractivity contribution in [2.45, 2.75) is 30.6 Å². The number of ether oxygens (including phenoxy) is 2. The summed E-state index contributed by atoms with van der Waals surface area (Å²) in [7, 11) is 1.49. The molecule has 0 bridgehead atoms. The molecule has 2 saturated heterocycles. The summed E-state index contributed by atoms with van der Waals surface area (Å²) in [5, 5.41) is 15.0. The predicted octanol–water partition coefficient (Wildman–Crippen LogP) is 1.56. The predicted molar refractivity (Wildman–Crippen MR) is 155 cm³/mol. The van der Waals surface area contributed by atoms with Crippen LogP contribution in [-0.2, 0) is 35.3 Å². The molecule has 1 aromatic heterocycles. The third kappa shape index (κ3) is 6.27. The summed E-state index contributed by atoms with van der Waals surface area (Å²) < 4.78 is 48.3. The van der Waals surface area contributed by atoms with Gasteiger partial charge in [0, 0.05) is 35.4 Å². The Balaban J connectivity index is 1.41. The van der Waals surface area contributed by atoms with Crippen molar-refractivity contribution in [2.24, 2.45) is 5.16 Å². The number of oxime groups is 1. The van der Waals surface area contributed by atoms with E-state index in [2.05, 4.69) is 20.2 Å². The summed E-state index contributed by atoms with van der Waals surface area (Å²) in [6.45, 7) is 0.484. The maximum Gasteiger partial charge on any atom is 0.491 e. The number of nitrogens with one attached hydrogen (secondary N) is 1. The van der Waals surface area contributed by atoms with Gasteiger partial charge in [-0.15, -0.1) is 23.1 Å². The van der Waals surface area contributed by atoms with Gasteiger partial charge in [0.1, 0.15) is 28.6 Å². The molecule has 3 aliphatic rings. The Bertz CT molecular complexity index is 1720. The number of anilines is 1. The number of rotatable bonds is 8. The van der Waals surface area contributed by atoms with Crippen molar-refractivity contribution in [3.63, 3.8) is 0 Å².